The average Bonchev–Trinajstić information content (AvgIpc) is 2.82. The second kappa shape index (κ2) is 5.75. The molecule has 1 aliphatic heterocycles. The Morgan fingerprint density at radius 2 is 1.64 bits per heavy atom. The first-order chi connectivity index (χ1) is 10.9. The quantitative estimate of drug-likeness (QED) is 0.728. The van der Waals surface area contributed by atoms with Crippen molar-refractivity contribution in [3.63, 3.8) is 0 Å². The van der Waals surface area contributed by atoms with Gasteiger partial charge in [0.25, 0.3) is 0 Å². The third-order valence-corrected chi connectivity index (χ3v) is 4.25. The molecule has 0 unspecified atom stereocenters. The van der Waals surface area contributed by atoms with E-state index in [9.17, 15) is 0 Å². The number of hydrogen-bond acceptors (Lipinski definition) is 4. The van der Waals surface area contributed by atoms with E-state index in [1.165, 1.54) is 25.7 Å². The lowest BCUT2D eigenvalue weighted by atomic mass is 10.2. The number of hydrogen-bond donors (Lipinski definition) is 0. The Morgan fingerprint density at radius 3 is 2.41 bits per heavy atom. The minimum atomic E-state index is 0.850. The smallest absolute Gasteiger partial charge is 0.204 e. The lowest BCUT2D eigenvalue weighted by Gasteiger charge is -2.21. The fourth-order valence-corrected chi connectivity index (χ4v) is 3.10. The van der Waals surface area contributed by atoms with E-state index in [1.807, 2.05) is 35.0 Å². The molecule has 0 aliphatic carbocycles. The summed E-state index contributed by atoms with van der Waals surface area (Å²) in [6.45, 7) is 2.11. The molecule has 22 heavy (non-hydrogen) atoms. The topological polar surface area (TPSA) is 46.3 Å². The maximum Gasteiger partial charge on any atom is 0.204 e. The van der Waals surface area contributed by atoms with Crippen molar-refractivity contribution in [2.24, 2.45) is 0 Å². The highest BCUT2D eigenvalue weighted by Crippen LogP contribution is 2.24. The van der Waals surface area contributed by atoms with E-state index in [-0.39, 0.29) is 0 Å². The molecule has 0 N–H and O–H groups in total. The molecular formula is C17H19N5. The fourth-order valence-electron chi connectivity index (χ4n) is 3.10. The van der Waals surface area contributed by atoms with Crippen LogP contribution in [0.3, 0.4) is 0 Å². The van der Waals surface area contributed by atoms with Crippen LogP contribution in [-0.4, -0.2) is 32.7 Å². The Balaban J connectivity index is 1.80. The summed E-state index contributed by atoms with van der Waals surface area (Å²) in [6.07, 6.45) is 8.86. The van der Waals surface area contributed by atoms with E-state index in [0.717, 1.165) is 35.9 Å². The van der Waals surface area contributed by atoms with Gasteiger partial charge in [0, 0.05) is 31.0 Å². The molecule has 112 valence electrons. The Labute approximate surface area is 129 Å². The summed E-state index contributed by atoms with van der Waals surface area (Å²) in [5, 5.41) is 8.80. The highest BCUT2D eigenvalue weighted by molar-refractivity contribution is 5.68. The summed E-state index contributed by atoms with van der Waals surface area (Å²) in [4.78, 5) is 6.93. The number of fused-ring (bicyclic) bond motifs is 1. The molecule has 0 radical (unpaired) electrons. The van der Waals surface area contributed by atoms with Crippen molar-refractivity contribution in [1.82, 2.24) is 19.6 Å². The molecule has 1 saturated heterocycles. The van der Waals surface area contributed by atoms with Gasteiger partial charge < -0.3 is 4.90 Å². The zero-order valence-electron chi connectivity index (χ0n) is 12.5. The van der Waals surface area contributed by atoms with Crippen molar-refractivity contribution in [3.8, 4) is 11.4 Å². The van der Waals surface area contributed by atoms with Crippen LogP contribution < -0.4 is 4.90 Å². The van der Waals surface area contributed by atoms with Gasteiger partial charge >= 0.3 is 0 Å². The predicted octanol–water partition coefficient (Wildman–Crippen LogP) is 3.17. The first kappa shape index (κ1) is 13.2. The Hall–Kier alpha value is -2.43. The summed E-state index contributed by atoms with van der Waals surface area (Å²) >= 11 is 0. The van der Waals surface area contributed by atoms with Gasteiger partial charge in [0.2, 0.25) is 5.65 Å². The van der Waals surface area contributed by atoms with Gasteiger partial charge in [0.15, 0.2) is 11.6 Å². The van der Waals surface area contributed by atoms with Crippen LogP contribution in [0.5, 0.6) is 0 Å². The Bertz CT molecular complexity index is 757. The standard InChI is InChI=1S/C17H19N5/c1-2-7-12-21(11-6-1)16-17-20-19-15(22(17)13-10-18-16)14-8-4-3-5-9-14/h3-5,8-10,13H,1-2,6-7,11-12H2. The van der Waals surface area contributed by atoms with Crippen molar-refractivity contribution in [1.29, 1.82) is 0 Å². The summed E-state index contributed by atoms with van der Waals surface area (Å²) in [6, 6.07) is 10.2. The number of rotatable bonds is 2. The molecule has 0 atom stereocenters. The molecular weight excluding hydrogens is 274 g/mol. The Kier molecular flexibility index (Phi) is 3.46. The van der Waals surface area contributed by atoms with Gasteiger partial charge in [0.05, 0.1) is 0 Å². The van der Waals surface area contributed by atoms with Crippen molar-refractivity contribution in [3.05, 3.63) is 42.7 Å². The van der Waals surface area contributed by atoms with E-state index < -0.39 is 0 Å². The molecule has 5 heteroatoms. The fraction of sp³-hybridized carbons (Fsp3) is 0.353. The minimum Gasteiger partial charge on any atom is -0.353 e. The molecule has 2 aromatic heterocycles. The zero-order valence-corrected chi connectivity index (χ0v) is 12.5. The van der Waals surface area contributed by atoms with E-state index in [0.29, 0.717) is 0 Å². The van der Waals surface area contributed by atoms with Gasteiger partial charge in [-0.1, -0.05) is 43.2 Å². The summed E-state index contributed by atoms with van der Waals surface area (Å²) in [7, 11) is 0. The van der Waals surface area contributed by atoms with Crippen molar-refractivity contribution >= 4 is 11.5 Å². The molecule has 1 fully saturated rings. The molecule has 5 nitrogen and oxygen atoms in total. The molecule has 3 heterocycles. The normalized spacial score (nSPS) is 15.9. The van der Waals surface area contributed by atoms with Gasteiger partial charge in [-0.15, -0.1) is 10.2 Å². The molecule has 3 aromatic rings. The average molecular weight is 293 g/mol. The van der Waals surface area contributed by atoms with E-state index in [2.05, 4.69) is 32.2 Å². The molecule has 0 bridgehead atoms. The first-order valence-electron chi connectivity index (χ1n) is 7.93. The van der Waals surface area contributed by atoms with Gasteiger partial charge in [0.1, 0.15) is 0 Å². The largest absolute Gasteiger partial charge is 0.353 e. The Morgan fingerprint density at radius 1 is 0.864 bits per heavy atom. The van der Waals surface area contributed by atoms with Crippen LogP contribution in [0.1, 0.15) is 25.7 Å². The number of benzene rings is 1. The van der Waals surface area contributed by atoms with Crippen molar-refractivity contribution in [2.75, 3.05) is 18.0 Å². The van der Waals surface area contributed by atoms with Crippen LogP contribution in [0.4, 0.5) is 5.82 Å². The first-order valence-corrected chi connectivity index (χ1v) is 7.93. The maximum absolute atomic E-state index is 4.58. The van der Waals surface area contributed by atoms with Gasteiger partial charge in [-0.2, -0.15) is 0 Å². The number of aromatic nitrogens is 4. The van der Waals surface area contributed by atoms with Gasteiger partial charge in [-0.25, -0.2) is 4.98 Å². The molecule has 1 aliphatic rings. The number of anilines is 1. The molecule has 0 saturated carbocycles. The van der Waals surface area contributed by atoms with Gasteiger partial charge in [-0.05, 0) is 12.8 Å². The van der Waals surface area contributed by atoms with Gasteiger partial charge in [-0.3, -0.25) is 4.40 Å². The summed E-state index contributed by atoms with van der Waals surface area (Å²) in [5.74, 6) is 1.83. The van der Waals surface area contributed by atoms with E-state index in [1.54, 1.807) is 0 Å². The van der Waals surface area contributed by atoms with Crippen LogP contribution in [0.25, 0.3) is 17.0 Å². The summed E-state index contributed by atoms with van der Waals surface area (Å²) < 4.78 is 2.04. The highest BCUT2D eigenvalue weighted by Gasteiger charge is 2.17. The minimum absolute atomic E-state index is 0.850. The highest BCUT2D eigenvalue weighted by atomic mass is 15.3. The molecule has 4 rings (SSSR count). The molecule has 1 aromatic carbocycles. The third-order valence-electron chi connectivity index (χ3n) is 4.25. The van der Waals surface area contributed by atoms with Crippen LogP contribution in [0.2, 0.25) is 0 Å². The third kappa shape index (κ3) is 2.32. The monoisotopic (exact) mass is 293 g/mol. The lowest BCUT2D eigenvalue weighted by molar-refractivity contribution is 0.726. The molecule has 0 amide bonds. The number of nitrogens with zero attached hydrogens (tertiary/aromatic N) is 5. The van der Waals surface area contributed by atoms with E-state index >= 15 is 0 Å². The van der Waals surface area contributed by atoms with Crippen LogP contribution in [0, 0.1) is 0 Å². The van der Waals surface area contributed by atoms with Crippen molar-refractivity contribution in [2.45, 2.75) is 25.7 Å². The van der Waals surface area contributed by atoms with Crippen molar-refractivity contribution < 1.29 is 0 Å². The zero-order chi connectivity index (χ0) is 14.8. The van der Waals surface area contributed by atoms with Crippen LogP contribution in [-0.2, 0) is 0 Å². The molecule has 0 spiro atoms. The second-order valence-electron chi connectivity index (χ2n) is 5.74. The predicted molar refractivity (Wildman–Crippen MR) is 86.9 cm³/mol. The van der Waals surface area contributed by atoms with Crippen LogP contribution >= 0.6 is 0 Å². The lowest BCUT2D eigenvalue weighted by Crippen LogP contribution is -2.25. The second-order valence-corrected chi connectivity index (χ2v) is 5.74. The van der Waals surface area contributed by atoms with E-state index in [4.69, 9.17) is 0 Å². The SMILES string of the molecule is c1ccc(-c2nnc3c(N4CCCCCC4)nccn23)cc1. The maximum atomic E-state index is 4.58. The van der Waals surface area contributed by atoms with Crippen LogP contribution in [0.15, 0.2) is 42.7 Å². The summed E-state index contributed by atoms with van der Waals surface area (Å²) in [5.41, 5.74) is 1.92.